The lowest BCUT2D eigenvalue weighted by atomic mass is 10.0. The first-order chi connectivity index (χ1) is 9.02. The minimum absolute atomic E-state index is 0.211. The lowest BCUT2D eigenvalue weighted by Gasteiger charge is -2.23. The molecule has 5 nitrogen and oxygen atoms in total. The molecule has 0 heterocycles. The van der Waals surface area contributed by atoms with Crippen LogP contribution in [0.15, 0.2) is 0 Å². The maximum absolute atomic E-state index is 10.1. The Kier molecular flexibility index (Phi) is 7.87. The van der Waals surface area contributed by atoms with Gasteiger partial charge in [-0.1, -0.05) is 12.8 Å². The summed E-state index contributed by atoms with van der Waals surface area (Å²) >= 11 is 0. The molecular weight excluding hydrogens is 246 g/mol. The van der Waals surface area contributed by atoms with Gasteiger partial charge in [-0.05, 0) is 26.7 Å². The summed E-state index contributed by atoms with van der Waals surface area (Å²) in [5, 5.41) is 22.9. The van der Waals surface area contributed by atoms with Crippen molar-refractivity contribution in [1.29, 1.82) is 0 Å². The highest BCUT2D eigenvalue weighted by molar-refractivity contribution is 4.86. The Morgan fingerprint density at radius 3 is 2.53 bits per heavy atom. The number of rotatable bonds is 10. The first kappa shape index (κ1) is 16.9. The summed E-state index contributed by atoms with van der Waals surface area (Å²) in [6.07, 6.45) is 3.59. The number of hydrogen-bond acceptors (Lipinski definition) is 5. The van der Waals surface area contributed by atoms with Gasteiger partial charge in [0.25, 0.3) is 0 Å². The smallest absolute Gasteiger partial charge is 0.0897 e. The predicted octanol–water partition coefficient (Wildman–Crippen LogP) is 0.684. The van der Waals surface area contributed by atoms with Gasteiger partial charge in [0.1, 0.15) is 0 Å². The fraction of sp³-hybridized carbons (Fsp3) is 1.00. The average Bonchev–Trinajstić information content (AvgIpc) is 2.75. The van der Waals surface area contributed by atoms with Crippen LogP contribution in [-0.2, 0) is 9.47 Å². The highest BCUT2D eigenvalue weighted by atomic mass is 16.5. The van der Waals surface area contributed by atoms with Gasteiger partial charge in [-0.25, -0.2) is 0 Å². The van der Waals surface area contributed by atoms with Crippen LogP contribution in [0.25, 0.3) is 0 Å². The molecule has 1 unspecified atom stereocenters. The molecule has 114 valence electrons. The van der Waals surface area contributed by atoms with Crippen LogP contribution in [-0.4, -0.2) is 60.9 Å². The summed E-state index contributed by atoms with van der Waals surface area (Å²) in [4.78, 5) is 0. The van der Waals surface area contributed by atoms with Crippen molar-refractivity contribution in [2.45, 2.75) is 57.3 Å². The molecule has 1 aliphatic carbocycles. The van der Waals surface area contributed by atoms with Gasteiger partial charge in [0.2, 0.25) is 0 Å². The highest BCUT2D eigenvalue weighted by Crippen LogP contribution is 2.28. The normalized spacial score (nSPS) is 20.1. The zero-order chi connectivity index (χ0) is 14.1. The summed E-state index contributed by atoms with van der Waals surface area (Å²) in [7, 11) is 0. The van der Waals surface area contributed by atoms with Crippen LogP contribution in [0.3, 0.4) is 0 Å². The standard InChI is InChI=1S/C14H29NO4/c1-12(2)19-8-7-18-10-13(16)9-15-11-14(17)5-3-4-6-14/h12-13,15-17H,3-11H2,1-2H3. The van der Waals surface area contributed by atoms with Crippen molar-refractivity contribution in [1.82, 2.24) is 5.32 Å². The van der Waals surface area contributed by atoms with E-state index in [4.69, 9.17) is 9.47 Å². The average molecular weight is 275 g/mol. The first-order valence-electron chi connectivity index (χ1n) is 7.32. The largest absolute Gasteiger partial charge is 0.389 e. The molecular formula is C14H29NO4. The van der Waals surface area contributed by atoms with E-state index >= 15 is 0 Å². The molecule has 3 N–H and O–H groups in total. The minimum atomic E-state index is -0.564. The SMILES string of the molecule is CC(C)OCCOCC(O)CNCC1(O)CCCC1. The molecule has 19 heavy (non-hydrogen) atoms. The van der Waals surface area contributed by atoms with E-state index in [-0.39, 0.29) is 6.10 Å². The second kappa shape index (κ2) is 8.87. The quantitative estimate of drug-likeness (QED) is 0.512. The molecule has 5 heteroatoms. The fourth-order valence-corrected chi connectivity index (χ4v) is 2.30. The Morgan fingerprint density at radius 2 is 1.89 bits per heavy atom. The van der Waals surface area contributed by atoms with Crippen LogP contribution in [0, 0.1) is 0 Å². The van der Waals surface area contributed by atoms with Crippen molar-refractivity contribution < 1.29 is 19.7 Å². The van der Waals surface area contributed by atoms with Crippen molar-refractivity contribution in [3.63, 3.8) is 0 Å². The van der Waals surface area contributed by atoms with Crippen LogP contribution in [0.2, 0.25) is 0 Å². The van der Waals surface area contributed by atoms with Gasteiger partial charge in [-0.15, -0.1) is 0 Å². The maximum Gasteiger partial charge on any atom is 0.0897 e. The van der Waals surface area contributed by atoms with E-state index in [1.54, 1.807) is 0 Å². The van der Waals surface area contributed by atoms with Crippen LogP contribution >= 0.6 is 0 Å². The molecule has 0 amide bonds. The Morgan fingerprint density at radius 1 is 1.21 bits per heavy atom. The second-order valence-electron chi connectivity index (χ2n) is 5.71. The number of hydrogen-bond donors (Lipinski definition) is 3. The van der Waals surface area contributed by atoms with Gasteiger partial charge < -0.3 is 25.0 Å². The Bertz CT molecular complexity index is 229. The zero-order valence-electron chi connectivity index (χ0n) is 12.2. The molecule has 1 aliphatic rings. The van der Waals surface area contributed by atoms with E-state index in [9.17, 15) is 10.2 Å². The molecule has 0 radical (unpaired) electrons. The summed E-state index contributed by atoms with van der Waals surface area (Å²) in [6.45, 7) is 6.32. The third kappa shape index (κ3) is 7.84. The van der Waals surface area contributed by atoms with Gasteiger partial charge in [0, 0.05) is 13.1 Å². The zero-order valence-corrected chi connectivity index (χ0v) is 12.2. The second-order valence-corrected chi connectivity index (χ2v) is 5.71. The lowest BCUT2D eigenvalue weighted by molar-refractivity contribution is -0.0122. The number of aliphatic hydroxyl groups excluding tert-OH is 1. The number of nitrogens with one attached hydrogen (secondary N) is 1. The van der Waals surface area contributed by atoms with Crippen molar-refractivity contribution in [2.75, 3.05) is 32.9 Å². The van der Waals surface area contributed by atoms with Gasteiger partial charge in [0.05, 0.1) is 37.6 Å². The molecule has 0 aliphatic heterocycles. The van der Waals surface area contributed by atoms with Crippen molar-refractivity contribution in [2.24, 2.45) is 0 Å². The molecule has 0 aromatic heterocycles. The fourth-order valence-electron chi connectivity index (χ4n) is 2.30. The van der Waals surface area contributed by atoms with Gasteiger partial charge in [-0.2, -0.15) is 0 Å². The van der Waals surface area contributed by atoms with Crippen molar-refractivity contribution in [3.8, 4) is 0 Å². The summed E-state index contributed by atoms with van der Waals surface area (Å²) in [5.74, 6) is 0. The molecule has 1 atom stereocenters. The number of ether oxygens (including phenoxy) is 2. The van der Waals surface area contributed by atoms with E-state index in [1.165, 1.54) is 0 Å². The van der Waals surface area contributed by atoms with E-state index in [0.717, 1.165) is 25.7 Å². The molecule has 0 aromatic carbocycles. The van der Waals surface area contributed by atoms with Crippen LogP contribution in [0.4, 0.5) is 0 Å². The van der Waals surface area contributed by atoms with Gasteiger partial charge in [0.15, 0.2) is 0 Å². The maximum atomic E-state index is 10.1. The summed E-state index contributed by atoms with van der Waals surface area (Å²) < 4.78 is 10.6. The predicted molar refractivity (Wildman–Crippen MR) is 74.2 cm³/mol. The van der Waals surface area contributed by atoms with E-state index < -0.39 is 11.7 Å². The molecule has 1 fully saturated rings. The van der Waals surface area contributed by atoms with Gasteiger partial charge in [-0.3, -0.25) is 0 Å². The monoisotopic (exact) mass is 275 g/mol. The topological polar surface area (TPSA) is 71.0 Å². The van der Waals surface area contributed by atoms with Gasteiger partial charge >= 0.3 is 0 Å². The van der Waals surface area contributed by atoms with E-state index in [0.29, 0.717) is 32.9 Å². The first-order valence-corrected chi connectivity index (χ1v) is 7.32. The van der Waals surface area contributed by atoms with Crippen molar-refractivity contribution in [3.05, 3.63) is 0 Å². The van der Waals surface area contributed by atoms with E-state index in [1.807, 2.05) is 13.8 Å². The Balaban J connectivity index is 1.94. The van der Waals surface area contributed by atoms with Crippen molar-refractivity contribution >= 4 is 0 Å². The Labute approximate surface area is 116 Å². The Hall–Kier alpha value is -0.200. The van der Waals surface area contributed by atoms with Crippen LogP contribution in [0.1, 0.15) is 39.5 Å². The summed E-state index contributed by atoms with van der Waals surface area (Å²) in [5.41, 5.74) is -0.564. The molecule has 1 saturated carbocycles. The van der Waals surface area contributed by atoms with Crippen LogP contribution < -0.4 is 5.32 Å². The summed E-state index contributed by atoms with van der Waals surface area (Å²) in [6, 6.07) is 0. The number of aliphatic hydroxyl groups is 2. The van der Waals surface area contributed by atoms with E-state index in [2.05, 4.69) is 5.32 Å². The molecule has 0 bridgehead atoms. The molecule has 0 aromatic rings. The molecule has 0 saturated heterocycles. The van der Waals surface area contributed by atoms with Crippen LogP contribution in [0.5, 0.6) is 0 Å². The molecule has 1 rings (SSSR count). The minimum Gasteiger partial charge on any atom is -0.389 e. The third-order valence-corrected chi connectivity index (χ3v) is 3.36. The molecule has 0 spiro atoms. The lowest BCUT2D eigenvalue weighted by Crippen LogP contribution is -2.41. The highest BCUT2D eigenvalue weighted by Gasteiger charge is 2.30. The third-order valence-electron chi connectivity index (χ3n) is 3.36.